The van der Waals surface area contributed by atoms with Crippen molar-refractivity contribution >= 4 is 10.2 Å². The maximum Gasteiger partial charge on any atom is 0.281 e. The molecule has 0 radical (unpaired) electrons. The molecule has 1 rings (SSSR count). The predicted octanol–water partition coefficient (Wildman–Crippen LogP) is 0.893. The highest BCUT2D eigenvalue weighted by molar-refractivity contribution is 7.86. The van der Waals surface area contributed by atoms with Crippen LogP contribution in [0.25, 0.3) is 0 Å². The van der Waals surface area contributed by atoms with Crippen molar-refractivity contribution in [2.45, 2.75) is 39.7 Å². The van der Waals surface area contributed by atoms with E-state index in [1.807, 2.05) is 20.9 Å². The summed E-state index contributed by atoms with van der Waals surface area (Å²) in [6.45, 7) is 8.33. The van der Waals surface area contributed by atoms with Crippen LogP contribution in [0, 0.1) is 5.92 Å². The lowest BCUT2D eigenvalue weighted by atomic mass is 9.91. The Hall–Kier alpha value is -0.170. The molecule has 1 N–H and O–H groups in total. The highest BCUT2D eigenvalue weighted by atomic mass is 32.2. The molecule has 108 valence electrons. The van der Waals surface area contributed by atoms with E-state index < -0.39 is 10.2 Å². The number of rotatable bonds is 6. The first-order chi connectivity index (χ1) is 8.47. The number of nitrogens with zero attached hydrogens (tertiary/aromatic N) is 2. The van der Waals surface area contributed by atoms with E-state index in [1.54, 1.807) is 4.31 Å². The molecule has 6 heteroatoms. The van der Waals surface area contributed by atoms with Crippen LogP contribution < -0.4 is 5.32 Å². The summed E-state index contributed by atoms with van der Waals surface area (Å²) < 4.78 is 27.8. The molecule has 1 heterocycles. The first-order valence-electron chi connectivity index (χ1n) is 6.89. The summed E-state index contributed by atoms with van der Waals surface area (Å²) in [6, 6.07) is 0.461. The summed E-state index contributed by atoms with van der Waals surface area (Å²) in [4.78, 5) is 0. The van der Waals surface area contributed by atoms with Crippen molar-refractivity contribution < 1.29 is 8.42 Å². The molecule has 0 aliphatic carbocycles. The highest BCUT2D eigenvalue weighted by Crippen LogP contribution is 2.23. The number of nitrogens with one attached hydrogen (secondary N) is 1. The Bertz CT molecular complexity index is 333. The van der Waals surface area contributed by atoms with Gasteiger partial charge >= 0.3 is 0 Å². The number of piperidine rings is 1. The summed E-state index contributed by atoms with van der Waals surface area (Å²) >= 11 is 0. The minimum atomic E-state index is -3.23. The SMILES string of the molecule is CCN(CC)S(=O)(=O)N1CCC(C(C)NC)CC1. The van der Waals surface area contributed by atoms with Crippen LogP contribution in [0.2, 0.25) is 0 Å². The van der Waals surface area contributed by atoms with Crippen LogP contribution in [0.4, 0.5) is 0 Å². The lowest BCUT2D eigenvalue weighted by Gasteiger charge is -2.36. The second-order valence-corrected chi connectivity index (χ2v) is 6.83. The largest absolute Gasteiger partial charge is 0.317 e. The zero-order valence-corrected chi connectivity index (χ0v) is 12.8. The Morgan fingerprint density at radius 2 is 1.78 bits per heavy atom. The summed E-state index contributed by atoms with van der Waals surface area (Å²) in [5.74, 6) is 0.582. The van der Waals surface area contributed by atoms with Crippen molar-refractivity contribution in [2.24, 2.45) is 5.92 Å². The van der Waals surface area contributed by atoms with E-state index >= 15 is 0 Å². The second-order valence-electron chi connectivity index (χ2n) is 4.91. The summed E-state index contributed by atoms with van der Waals surface area (Å²) in [6.07, 6.45) is 1.89. The number of hydrogen-bond acceptors (Lipinski definition) is 3. The van der Waals surface area contributed by atoms with E-state index in [0.717, 1.165) is 12.8 Å². The van der Waals surface area contributed by atoms with E-state index in [4.69, 9.17) is 0 Å². The first-order valence-corrected chi connectivity index (χ1v) is 8.29. The third kappa shape index (κ3) is 3.44. The van der Waals surface area contributed by atoms with E-state index in [1.165, 1.54) is 4.31 Å². The molecule has 1 saturated heterocycles. The molecule has 0 bridgehead atoms. The van der Waals surface area contributed by atoms with Crippen molar-refractivity contribution in [1.82, 2.24) is 13.9 Å². The lowest BCUT2D eigenvalue weighted by molar-refractivity contribution is 0.225. The Balaban J connectivity index is 2.62. The maximum atomic E-state index is 12.3. The fourth-order valence-corrected chi connectivity index (χ4v) is 4.21. The summed E-state index contributed by atoms with van der Waals surface area (Å²) in [5.41, 5.74) is 0. The smallest absolute Gasteiger partial charge is 0.281 e. The molecule has 0 aromatic heterocycles. The van der Waals surface area contributed by atoms with Crippen molar-refractivity contribution in [3.63, 3.8) is 0 Å². The fourth-order valence-electron chi connectivity index (χ4n) is 2.56. The Morgan fingerprint density at radius 3 is 2.17 bits per heavy atom. The fraction of sp³-hybridized carbons (Fsp3) is 1.00. The average Bonchev–Trinajstić information content (AvgIpc) is 2.39. The molecule has 0 saturated carbocycles. The van der Waals surface area contributed by atoms with Gasteiger partial charge in [0.15, 0.2) is 0 Å². The van der Waals surface area contributed by atoms with Crippen LogP contribution in [0.5, 0.6) is 0 Å². The molecule has 18 heavy (non-hydrogen) atoms. The molecule has 0 spiro atoms. The molecule has 1 aliphatic heterocycles. The van der Waals surface area contributed by atoms with E-state index in [2.05, 4.69) is 12.2 Å². The van der Waals surface area contributed by atoms with Gasteiger partial charge < -0.3 is 5.32 Å². The van der Waals surface area contributed by atoms with Crippen molar-refractivity contribution in [2.75, 3.05) is 33.2 Å². The topological polar surface area (TPSA) is 52.7 Å². The molecular formula is C12H27N3O2S. The maximum absolute atomic E-state index is 12.3. The van der Waals surface area contributed by atoms with Gasteiger partial charge in [0.2, 0.25) is 0 Å². The van der Waals surface area contributed by atoms with Crippen LogP contribution in [-0.4, -0.2) is 56.3 Å². The van der Waals surface area contributed by atoms with Crippen molar-refractivity contribution in [3.05, 3.63) is 0 Å². The van der Waals surface area contributed by atoms with Crippen LogP contribution in [0.15, 0.2) is 0 Å². The van der Waals surface area contributed by atoms with Gasteiger partial charge in [0.25, 0.3) is 10.2 Å². The van der Waals surface area contributed by atoms with Crippen LogP contribution in [-0.2, 0) is 10.2 Å². The molecular weight excluding hydrogens is 250 g/mol. The minimum Gasteiger partial charge on any atom is -0.317 e. The molecule has 1 aliphatic rings. The standard InChI is InChI=1S/C12H27N3O2S/c1-5-14(6-2)18(16,17)15-9-7-12(8-10-15)11(3)13-4/h11-13H,5-10H2,1-4H3. The lowest BCUT2D eigenvalue weighted by Crippen LogP contribution is -2.48. The second kappa shape index (κ2) is 6.84. The molecule has 0 amide bonds. The molecule has 5 nitrogen and oxygen atoms in total. The van der Waals surface area contributed by atoms with Gasteiger partial charge in [-0.05, 0) is 32.7 Å². The van der Waals surface area contributed by atoms with Gasteiger partial charge in [0.05, 0.1) is 0 Å². The summed E-state index contributed by atoms with van der Waals surface area (Å²) in [5, 5.41) is 3.25. The third-order valence-corrected chi connectivity index (χ3v) is 6.21. The quantitative estimate of drug-likeness (QED) is 0.784. The van der Waals surface area contributed by atoms with Crippen LogP contribution in [0.1, 0.15) is 33.6 Å². The normalized spacial score (nSPS) is 21.4. The summed E-state index contributed by atoms with van der Waals surface area (Å²) in [7, 11) is -1.27. The van der Waals surface area contributed by atoms with Gasteiger partial charge in [0.1, 0.15) is 0 Å². The van der Waals surface area contributed by atoms with Gasteiger partial charge in [-0.25, -0.2) is 0 Å². The molecule has 0 aromatic carbocycles. The Morgan fingerprint density at radius 1 is 1.28 bits per heavy atom. The van der Waals surface area contributed by atoms with Gasteiger partial charge in [-0.1, -0.05) is 13.8 Å². The monoisotopic (exact) mass is 277 g/mol. The minimum absolute atomic E-state index is 0.461. The highest BCUT2D eigenvalue weighted by Gasteiger charge is 2.32. The number of hydrogen-bond donors (Lipinski definition) is 1. The Labute approximate surface area is 112 Å². The Kier molecular flexibility index (Phi) is 6.04. The van der Waals surface area contributed by atoms with Gasteiger partial charge in [-0.15, -0.1) is 0 Å². The van der Waals surface area contributed by atoms with Crippen LogP contribution >= 0.6 is 0 Å². The molecule has 1 fully saturated rings. The van der Waals surface area contributed by atoms with E-state index in [9.17, 15) is 8.42 Å². The van der Waals surface area contributed by atoms with Crippen molar-refractivity contribution in [1.29, 1.82) is 0 Å². The van der Waals surface area contributed by atoms with E-state index in [0.29, 0.717) is 38.1 Å². The van der Waals surface area contributed by atoms with E-state index in [-0.39, 0.29) is 0 Å². The van der Waals surface area contributed by atoms with Gasteiger partial charge in [-0.2, -0.15) is 17.0 Å². The molecule has 0 aromatic rings. The zero-order valence-electron chi connectivity index (χ0n) is 12.0. The predicted molar refractivity (Wildman–Crippen MR) is 74.7 cm³/mol. The molecule has 1 unspecified atom stereocenters. The zero-order chi connectivity index (χ0) is 13.8. The average molecular weight is 277 g/mol. The third-order valence-electron chi connectivity index (χ3n) is 4.02. The first kappa shape index (κ1) is 15.9. The van der Waals surface area contributed by atoms with Gasteiger partial charge in [-0.3, -0.25) is 0 Å². The van der Waals surface area contributed by atoms with Crippen LogP contribution in [0.3, 0.4) is 0 Å². The molecule has 1 atom stereocenters. The van der Waals surface area contributed by atoms with Crippen molar-refractivity contribution in [3.8, 4) is 0 Å². The van der Waals surface area contributed by atoms with Gasteiger partial charge in [0, 0.05) is 32.2 Å².